The molecule has 0 aliphatic heterocycles. The van der Waals surface area contributed by atoms with E-state index >= 15 is 0 Å². The molecule has 0 aromatic heterocycles. The van der Waals surface area contributed by atoms with Crippen LogP contribution >= 0.6 is 0 Å². The van der Waals surface area contributed by atoms with Crippen LogP contribution in [0.2, 0.25) is 0 Å². The van der Waals surface area contributed by atoms with E-state index in [1.54, 1.807) is 6.08 Å². The van der Waals surface area contributed by atoms with E-state index in [4.69, 9.17) is 0 Å². The third-order valence-corrected chi connectivity index (χ3v) is 14.8. The molecule has 0 fully saturated rings. The van der Waals surface area contributed by atoms with E-state index in [-0.39, 0.29) is 6.61 Å². The molecule has 3 atom stereocenters. The van der Waals surface area contributed by atoms with Crippen molar-refractivity contribution in [3.8, 4) is 0 Å². The van der Waals surface area contributed by atoms with Crippen molar-refractivity contribution in [1.82, 2.24) is 5.32 Å². The number of amides is 1. The molecule has 0 radical (unpaired) electrons. The van der Waals surface area contributed by atoms with E-state index in [0.29, 0.717) is 6.42 Å². The van der Waals surface area contributed by atoms with Crippen LogP contribution in [0.5, 0.6) is 0 Å². The zero-order valence-corrected chi connectivity index (χ0v) is 48.3. The monoisotopic (exact) mass is 1010 g/mol. The van der Waals surface area contributed by atoms with Crippen molar-refractivity contribution in [3.63, 3.8) is 0 Å². The third-order valence-electron chi connectivity index (χ3n) is 14.8. The van der Waals surface area contributed by atoms with Gasteiger partial charge < -0.3 is 20.6 Å². The van der Waals surface area contributed by atoms with E-state index in [1.807, 2.05) is 6.08 Å². The highest BCUT2D eigenvalue weighted by Crippen LogP contribution is 2.17. The summed E-state index contributed by atoms with van der Waals surface area (Å²) in [7, 11) is 0. The summed E-state index contributed by atoms with van der Waals surface area (Å²) in [5.74, 6) is -0.514. The van der Waals surface area contributed by atoms with E-state index in [9.17, 15) is 20.1 Å². The Labute approximate surface area is 449 Å². The van der Waals surface area contributed by atoms with Crippen LogP contribution in [-0.4, -0.2) is 46.1 Å². The first-order valence-corrected chi connectivity index (χ1v) is 32.1. The Morgan fingerprint density at radius 2 is 0.611 bits per heavy atom. The van der Waals surface area contributed by atoms with Gasteiger partial charge in [-0.1, -0.05) is 319 Å². The Kier molecular flexibility index (Phi) is 59.9. The van der Waals surface area contributed by atoms with Gasteiger partial charge in [0.25, 0.3) is 0 Å². The number of rotatable bonds is 59. The van der Waals surface area contributed by atoms with Gasteiger partial charge >= 0.3 is 0 Å². The maximum atomic E-state index is 12.6. The number of aliphatic hydroxyl groups is 3. The van der Waals surface area contributed by atoms with Crippen molar-refractivity contribution in [1.29, 1.82) is 0 Å². The zero-order chi connectivity index (χ0) is 52.2. The summed E-state index contributed by atoms with van der Waals surface area (Å²) in [4.78, 5) is 12.6. The summed E-state index contributed by atoms with van der Waals surface area (Å²) < 4.78 is 0. The lowest BCUT2D eigenvalue weighted by Crippen LogP contribution is -2.48. The molecule has 72 heavy (non-hydrogen) atoms. The number of allylic oxidation sites excluding steroid dienone is 9. The molecule has 1 amide bonds. The first-order valence-electron chi connectivity index (χ1n) is 32.1. The van der Waals surface area contributed by atoms with E-state index in [2.05, 4.69) is 67.8 Å². The SMILES string of the molecule is CCCCCCCCCCCC/C=C/CC/C=C/CC/C=C/C(O)C(CO)NC(=O)C(O)CCCCCCCCCCCCCCCCCC/C=C\C/C=C\CCCCCCCCCCCCCCCCC. The van der Waals surface area contributed by atoms with Gasteiger partial charge in [0.2, 0.25) is 5.91 Å². The summed E-state index contributed by atoms with van der Waals surface area (Å²) in [5, 5.41) is 33.4. The Bertz CT molecular complexity index is 1210. The molecule has 0 saturated carbocycles. The lowest BCUT2D eigenvalue weighted by atomic mass is 10.0. The zero-order valence-electron chi connectivity index (χ0n) is 48.3. The standard InChI is InChI=1S/C67H125NO4/c1-3-5-7-9-11-13-15-17-19-21-23-25-26-27-28-29-30-31-32-33-34-35-36-37-38-39-40-41-42-44-46-48-50-52-54-56-58-60-62-66(71)67(72)68-64(63-69)65(70)61-59-57-55-53-51-49-47-45-43-24-22-20-18-16-14-12-10-8-6-4-2/h30-31,33-34,43,45,51,53,59,61,64-66,69-71H,3-29,32,35-42,44,46-50,52,54-58,60,62-63H2,1-2H3,(H,68,72)/b31-30-,34-33-,45-43+,53-51+,61-59+. The van der Waals surface area contributed by atoms with E-state index in [1.165, 1.54) is 263 Å². The summed E-state index contributed by atoms with van der Waals surface area (Å²) in [6.45, 7) is 4.20. The second-order valence-corrected chi connectivity index (χ2v) is 22.0. The summed E-state index contributed by atoms with van der Waals surface area (Å²) >= 11 is 0. The number of nitrogens with one attached hydrogen (secondary N) is 1. The fourth-order valence-electron chi connectivity index (χ4n) is 9.84. The maximum Gasteiger partial charge on any atom is 0.249 e. The minimum absolute atomic E-state index is 0.382. The van der Waals surface area contributed by atoms with Gasteiger partial charge in [-0.25, -0.2) is 0 Å². The van der Waals surface area contributed by atoms with Crippen molar-refractivity contribution < 1.29 is 20.1 Å². The van der Waals surface area contributed by atoms with Gasteiger partial charge in [0.15, 0.2) is 0 Å². The molecule has 0 heterocycles. The Morgan fingerprint density at radius 3 is 0.931 bits per heavy atom. The molecule has 0 saturated heterocycles. The molecule has 0 bridgehead atoms. The highest BCUT2D eigenvalue weighted by Gasteiger charge is 2.22. The Morgan fingerprint density at radius 1 is 0.347 bits per heavy atom. The summed E-state index contributed by atoms with van der Waals surface area (Å²) in [5.41, 5.74) is 0. The van der Waals surface area contributed by atoms with Gasteiger partial charge in [0.05, 0.1) is 18.8 Å². The predicted molar refractivity (Wildman–Crippen MR) is 319 cm³/mol. The quantitative estimate of drug-likeness (QED) is 0.0361. The van der Waals surface area contributed by atoms with Crippen molar-refractivity contribution in [2.45, 2.75) is 353 Å². The van der Waals surface area contributed by atoms with Crippen molar-refractivity contribution >= 4 is 5.91 Å². The summed E-state index contributed by atoms with van der Waals surface area (Å²) in [6, 6.07) is -0.824. The Balaban J connectivity index is 3.55. The van der Waals surface area contributed by atoms with E-state index in [0.717, 1.165) is 51.4 Å². The van der Waals surface area contributed by atoms with Crippen molar-refractivity contribution in [2.24, 2.45) is 0 Å². The topological polar surface area (TPSA) is 89.8 Å². The molecule has 3 unspecified atom stereocenters. The number of hydrogen-bond acceptors (Lipinski definition) is 4. The number of carbonyl (C=O) groups excluding carboxylic acids is 1. The highest BCUT2D eigenvalue weighted by molar-refractivity contribution is 5.80. The van der Waals surface area contributed by atoms with Gasteiger partial charge in [-0.15, -0.1) is 0 Å². The molecule has 0 spiro atoms. The Hall–Kier alpha value is -1.95. The van der Waals surface area contributed by atoms with Crippen LogP contribution in [-0.2, 0) is 4.79 Å². The van der Waals surface area contributed by atoms with Crippen molar-refractivity contribution in [3.05, 3.63) is 60.8 Å². The second kappa shape index (κ2) is 61.6. The number of unbranched alkanes of at least 4 members (excludes halogenated alkanes) is 43. The molecule has 0 rings (SSSR count). The van der Waals surface area contributed by atoms with Gasteiger partial charge in [-0.2, -0.15) is 0 Å². The van der Waals surface area contributed by atoms with Gasteiger partial charge in [-0.05, 0) is 77.0 Å². The van der Waals surface area contributed by atoms with Crippen LogP contribution in [0.15, 0.2) is 60.8 Å². The first-order chi connectivity index (χ1) is 35.6. The maximum absolute atomic E-state index is 12.6. The predicted octanol–water partition coefficient (Wildman–Crippen LogP) is 20.5. The normalized spacial score (nSPS) is 13.6. The number of aliphatic hydroxyl groups excluding tert-OH is 3. The van der Waals surface area contributed by atoms with Crippen LogP contribution in [0.4, 0.5) is 0 Å². The van der Waals surface area contributed by atoms with Crippen molar-refractivity contribution in [2.75, 3.05) is 6.61 Å². The number of carbonyl (C=O) groups is 1. The molecule has 422 valence electrons. The molecule has 0 aromatic rings. The van der Waals surface area contributed by atoms with Gasteiger partial charge in [0.1, 0.15) is 6.10 Å². The van der Waals surface area contributed by atoms with Crippen LogP contribution in [0.1, 0.15) is 335 Å². The molecule has 0 aliphatic rings. The molecule has 0 aromatic carbocycles. The second-order valence-electron chi connectivity index (χ2n) is 22.0. The molecule has 0 aliphatic carbocycles. The smallest absolute Gasteiger partial charge is 0.249 e. The first kappa shape index (κ1) is 70.1. The molecular weight excluding hydrogens is 883 g/mol. The average Bonchev–Trinajstić information content (AvgIpc) is 3.39. The van der Waals surface area contributed by atoms with Gasteiger partial charge in [-0.3, -0.25) is 4.79 Å². The lowest BCUT2D eigenvalue weighted by molar-refractivity contribution is -0.131. The molecule has 5 nitrogen and oxygen atoms in total. The molecule has 5 heteroatoms. The van der Waals surface area contributed by atoms with Crippen LogP contribution in [0, 0.1) is 0 Å². The summed E-state index contributed by atoms with van der Waals surface area (Å²) in [6.07, 6.45) is 84.9. The van der Waals surface area contributed by atoms with Crippen LogP contribution < -0.4 is 5.32 Å². The van der Waals surface area contributed by atoms with Gasteiger partial charge in [0, 0.05) is 0 Å². The molecular formula is C67H125NO4. The van der Waals surface area contributed by atoms with Crippen LogP contribution in [0.3, 0.4) is 0 Å². The number of hydrogen-bond donors (Lipinski definition) is 4. The minimum atomic E-state index is -1.11. The van der Waals surface area contributed by atoms with Crippen LogP contribution in [0.25, 0.3) is 0 Å². The molecule has 4 N–H and O–H groups in total. The largest absolute Gasteiger partial charge is 0.394 e. The third kappa shape index (κ3) is 55.8. The fourth-order valence-corrected chi connectivity index (χ4v) is 9.84. The lowest BCUT2D eigenvalue weighted by Gasteiger charge is -2.21. The highest BCUT2D eigenvalue weighted by atomic mass is 16.3. The fraction of sp³-hybridized carbons (Fsp3) is 0.836. The van der Waals surface area contributed by atoms with E-state index < -0.39 is 24.2 Å². The minimum Gasteiger partial charge on any atom is -0.394 e. The average molecular weight is 1010 g/mol.